The van der Waals surface area contributed by atoms with Crippen molar-refractivity contribution in [3.8, 4) is 0 Å². The first-order chi connectivity index (χ1) is 13.8. The lowest BCUT2D eigenvalue weighted by Gasteiger charge is -2.36. The molecule has 2 aromatic rings. The SMILES string of the molecule is C1=NCc2ccc(Nc3nc(N4C5CCC4CNC5)nc4c3COCC4)cc21. The van der Waals surface area contributed by atoms with Crippen LogP contribution in [0.4, 0.5) is 17.5 Å². The molecule has 2 unspecified atom stereocenters. The molecule has 5 heterocycles. The van der Waals surface area contributed by atoms with E-state index in [1.807, 2.05) is 6.21 Å². The van der Waals surface area contributed by atoms with Crippen molar-refractivity contribution in [2.24, 2.45) is 4.99 Å². The van der Waals surface area contributed by atoms with Gasteiger partial charge in [0.1, 0.15) is 5.82 Å². The van der Waals surface area contributed by atoms with Crippen LogP contribution in [0.3, 0.4) is 0 Å². The van der Waals surface area contributed by atoms with Crippen molar-refractivity contribution in [1.82, 2.24) is 15.3 Å². The van der Waals surface area contributed by atoms with Crippen LogP contribution >= 0.6 is 0 Å². The van der Waals surface area contributed by atoms with Crippen LogP contribution in [-0.2, 0) is 24.3 Å². The molecular weight excluding hydrogens is 352 g/mol. The Kier molecular flexibility index (Phi) is 3.84. The van der Waals surface area contributed by atoms with Crippen molar-refractivity contribution in [3.05, 3.63) is 40.6 Å². The molecule has 2 atom stereocenters. The predicted octanol–water partition coefficient (Wildman–Crippen LogP) is 2.17. The van der Waals surface area contributed by atoms with Gasteiger partial charge in [0.2, 0.25) is 5.95 Å². The van der Waals surface area contributed by atoms with Crippen LogP contribution in [0.25, 0.3) is 0 Å². The number of aliphatic imine (C=N–C) groups is 1. The van der Waals surface area contributed by atoms with Crippen molar-refractivity contribution in [1.29, 1.82) is 0 Å². The van der Waals surface area contributed by atoms with Gasteiger partial charge in [0.05, 0.1) is 25.5 Å². The number of benzene rings is 1. The molecule has 6 rings (SSSR count). The maximum absolute atomic E-state index is 5.72. The second-order valence-corrected chi connectivity index (χ2v) is 8.06. The van der Waals surface area contributed by atoms with E-state index in [2.05, 4.69) is 38.7 Å². The van der Waals surface area contributed by atoms with Crippen molar-refractivity contribution >= 4 is 23.7 Å². The number of nitrogens with one attached hydrogen (secondary N) is 2. The molecule has 0 radical (unpaired) electrons. The summed E-state index contributed by atoms with van der Waals surface area (Å²) in [5.74, 6) is 1.76. The summed E-state index contributed by atoms with van der Waals surface area (Å²) < 4.78 is 5.72. The lowest BCUT2D eigenvalue weighted by Crippen LogP contribution is -2.52. The van der Waals surface area contributed by atoms with Crippen LogP contribution in [0.15, 0.2) is 23.2 Å². The fourth-order valence-electron chi connectivity index (χ4n) is 4.86. The number of hydrogen-bond acceptors (Lipinski definition) is 7. The highest BCUT2D eigenvalue weighted by molar-refractivity contribution is 5.86. The third kappa shape index (κ3) is 2.69. The number of hydrogen-bond donors (Lipinski definition) is 2. The van der Waals surface area contributed by atoms with Crippen LogP contribution in [0.1, 0.15) is 35.2 Å². The quantitative estimate of drug-likeness (QED) is 0.855. The van der Waals surface area contributed by atoms with Gasteiger partial charge in [0, 0.05) is 49.1 Å². The van der Waals surface area contributed by atoms with Crippen LogP contribution in [0.2, 0.25) is 0 Å². The molecule has 4 aliphatic heterocycles. The van der Waals surface area contributed by atoms with Gasteiger partial charge in [-0.2, -0.15) is 4.98 Å². The van der Waals surface area contributed by atoms with Gasteiger partial charge in [-0.05, 0) is 36.1 Å². The largest absolute Gasteiger partial charge is 0.376 e. The molecule has 7 nitrogen and oxygen atoms in total. The van der Waals surface area contributed by atoms with Crippen LogP contribution in [-0.4, -0.2) is 48.0 Å². The minimum Gasteiger partial charge on any atom is -0.376 e. The normalized spacial score (nSPS) is 24.9. The Morgan fingerprint density at radius 2 is 2.04 bits per heavy atom. The van der Waals surface area contributed by atoms with Gasteiger partial charge in [-0.15, -0.1) is 0 Å². The van der Waals surface area contributed by atoms with Crippen molar-refractivity contribution in [3.63, 3.8) is 0 Å². The van der Waals surface area contributed by atoms with E-state index in [1.54, 1.807) is 0 Å². The highest BCUT2D eigenvalue weighted by Crippen LogP contribution is 2.34. The summed E-state index contributed by atoms with van der Waals surface area (Å²) in [6, 6.07) is 7.41. The molecule has 0 saturated carbocycles. The molecule has 1 aromatic carbocycles. The summed E-state index contributed by atoms with van der Waals surface area (Å²) in [7, 11) is 0. The van der Waals surface area contributed by atoms with Gasteiger partial charge in [0.15, 0.2) is 0 Å². The molecule has 7 heteroatoms. The topological polar surface area (TPSA) is 74.7 Å². The lowest BCUT2D eigenvalue weighted by atomic mass is 10.1. The molecule has 28 heavy (non-hydrogen) atoms. The average molecular weight is 376 g/mol. The predicted molar refractivity (Wildman–Crippen MR) is 109 cm³/mol. The lowest BCUT2D eigenvalue weighted by molar-refractivity contribution is 0.109. The van der Waals surface area contributed by atoms with E-state index in [1.165, 1.54) is 24.0 Å². The number of fused-ring (bicyclic) bond motifs is 4. The van der Waals surface area contributed by atoms with Crippen LogP contribution in [0, 0.1) is 0 Å². The van der Waals surface area contributed by atoms with Gasteiger partial charge >= 0.3 is 0 Å². The number of aromatic nitrogens is 2. The number of ether oxygens (including phenoxy) is 1. The maximum Gasteiger partial charge on any atom is 0.228 e. The first-order valence-electron chi connectivity index (χ1n) is 10.2. The monoisotopic (exact) mass is 376 g/mol. The van der Waals surface area contributed by atoms with Gasteiger partial charge < -0.3 is 20.3 Å². The van der Waals surface area contributed by atoms with E-state index in [0.29, 0.717) is 18.7 Å². The second-order valence-electron chi connectivity index (χ2n) is 8.06. The van der Waals surface area contributed by atoms with Crippen molar-refractivity contribution in [2.75, 3.05) is 29.9 Å². The summed E-state index contributed by atoms with van der Waals surface area (Å²) in [6.45, 7) is 4.12. The van der Waals surface area contributed by atoms with E-state index >= 15 is 0 Å². The first kappa shape index (κ1) is 16.4. The molecule has 2 N–H and O–H groups in total. The Balaban J connectivity index is 1.39. The Bertz CT molecular complexity index is 942. The summed E-state index contributed by atoms with van der Waals surface area (Å²) in [5, 5.41) is 7.10. The molecule has 1 aromatic heterocycles. The molecule has 0 spiro atoms. The van der Waals surface area contributed by atoms with E-state index in [4.69, 9.17) is 14.7 Å². The van der Waals surface area contributed by atoms with Gasteiger partial charge in [-0.25, -0.2) is 4.98 Å². The Morgan fingerprint density at radius 3 is 2.93 bits per heavy atom. The molecule has 4 aliphatic rings. The standard InChI is InChI=1S/C21H24N6O/c1-2-15(7-14-9-22-8-13(1)14)24-20-18-12-28-6-5-19(18)25-21(26-20)27-16-3-4-17(27)11-23-10-16/h1-2,7,9,16-17,23H,3-6,8,10-12H2,(H,24,25,26). The van der Waals surface area contributed by atoms with E-state index < -0.39 is 0 Å². The van der Waals surface area contributed by atoms with Gasteiger partial charge in [0.25, 0.3) is 0 Å². The van der Waals surface area contributed by atoms with E-state index in [-0.39, 0.29) is 0 Å². The zero-order valence-corrected chi connectivity index (χ0v) is 15.8. The van der Waals surface area contributed by atoms with Crippen LogP contribution < -0.4 is 15.5 Å². The van der Waals surface area contributed by atoms with Crippen molar-refractivity contribution < 1.29 is 4.74 Å². The number of nitrogens with zero attached hydrogens (tertiary/aromatic N) is 4. The van der Waals surface area contributed by atoms with Crippen LogP contribution in [0.5, 0.6) is 0 Å². The zero-order valence-electron chi connectivity index (χ0n) is 15.8. The third-order valence-corrected chi connectivity index (χ3v) is 6.32. The number of anilines is 3. The third-order valence-electron chi connectivity index (χ3n) is 6.32. The summed E-state index contributed by atoms with van der Waals surface area (Å²) >= 11 is 0. The minimum atomic E-state index is 0.501. The molecule has 2 bridgehead atoms. The zero-order chi connectivity index (χ0) is 18.5. The van der Waals surface area contributed by atoms with E-state index in [0.717, 1.165) is 61.4 Å². The Labute approximate surface area is 164 Å². The highest BCUT2D eigenvalue weighted by Gasteiger charge is 2.38. The molecule has 144 valence electrons. The minimum absolute atomic E-state index is 0.501. The summed E-state index contributed by atoms with van der Waals surface area (Å²) in [5.41, 5.74) is 5.71. The fourth-order valence-corrected chi connectivity index (χ4v) is 4.86. The van der Waals surface area contributed by atoms with E-state index in [9.17, 15) is 0 Å². The fraction of sp³-hybridized carbons (Fsp3) is 0.476. The molecular formula is C21H24N6O. The molecule has 2 fully saturated rings. The smallest absolute Gasteiger partial charge is 0.228 e. The Morgan fingerprint density at radius 1 is 1.14 bits per heavy atom. The molecule has 0 aliphatic carbocycles. The first-order valence-corrected chi connectivity index (χ1v) is 10.2. The maximum atomic E-state index is 5.72. The second kappa shape index (κ2) is 6.53. The molecule has 0 amide bonds. The number of rotatable bonds is 3. The van der Waals surface area contributed by atoms with Crippen molar-refractivity contribution in [2.45, 2.75) is 44.5 Å². The highest BCUT2D eigenvalue weighted by atomic mass is 16.5. The van der Waals surface area contributed by atoms with Gasteiger partial charge in [-0.1, -0.05) is 6.07 Å². The number of piperazine rings is 1. The Hall–Kier alpha value is -2.51. The summed E-state index contributed by atoms with van der Waals surface area (Å²) in [6.07, 6.45) is 5.23. The average Bonchev–Trinajstić information content (AvgIpc) is 3.29. The van der Waals surface area contributed by atoms with Gasteiger partial charge in [-0.3, -0.25) is 4.99 Å². The molecule has 2 saturated heterocycles. The summed E-state index contributed by atoms with van der Waals surface area (Å²) in [4.78, 5) is 16.8.